The lowest BCUT2D eigenvalue weighted by Crippen LogP contribution is -1.85. The van der Waals surface area contributed by atoms with Crippen molar-refractivity contribution in [3.05, 3.63) is 52.3 Å². The van der Waals surface area contributed by atoms with E-state index in [9.17, 15) is 9.18 Å². The van der Waals surface area contributed by atoms with Crippen molar-refractivity contribution >= 4 is 51.7 Å². The third kappa shape index (κ3) is 2.45. The first-order chi connectivity index (χ1) is 10.1. The number of halogens is 2. The van der Waals surface area contributed by atoms with Gasteiger partial charge in [-0.3, -0.25) is 4.79 Å². The minimum absolute atomic E-state index is 0.341. The van der Waals surface area contributed by atoms with Gasteiger partial charge in [0.1, 0.15) is 17.2 Å². The smallest absolute Gasteiger partial charge is 0.154 e. The van der Waals surface area contributed by atoms with Crippen LogP contribution in [0.2, 0.25) is 0 Å². The summed E-state index contributed by atoms with van der Waals surface area (Å²) in [7, 11) is 0. The van der Waals surface area contributed by atoms with E-state index in [4.69, 9.17) is 4.42 Å². The molecule has 6 heteroatoms. The largest absolute Gasteiger partial charge is 0.455 e. The zero-order chi connectivity index (χ0) is 15.0. The molecular formula is C15H9BrFNO2S. The van der Waals surface area contributed by atoms with Crippen molar-refractivity contribution < 1.29 is 13.6 Å². The fourth-order valence-corrected chi connectivity index (χ4v) is 2.93. The summed E-state index contributed by atoms with van der Waals surface area (Å²) >= 11 is 7.41. The molecule has 0 saturated carbocycles. The maximum Gasteiger partial charge on any atom is 0.154 e. The monoisotopic (exact) mass is 365 g/mol. The number of aldehydes is 1. The van der Waals surface area contributed by atoms with E-state index in [1.54, 1.807) is 24.3 Å². The van der Waals surface area contributed by atoms with Gasteiger partial charge in [0.25, 0.3) is 0 Å². The molecule has 0 spiro atoms. The second kappa shape index (κ2) is 5.54. The average molecular weight is 366 g/mol. The summed E-state index contributed by atoms with van der Waals surface area (Å²) < 4.78 is 22.3. The zero-order valence-electron chi connectivity index (χ0n) is 10.6. The van der Waals surface area contributed by atoms with Gasteiger partial charge in [-0.2, -0.15) is 0 Å². The highest BCUT2D eigenvalue weighted by atomic mass is 79.9. The Balaban J connectivity index is 2.28. The summed E-state index contributed by atoms with van der Waals surface area (Å²) in [5, 5.41) is 0.684. The predicted molar refractivity (Wildman–Crippen MR) is 87.3 cm³/mol. The maximum absolute atomic E-state index is 13.0. The molecule has 106 valence electrons. The number of thiol groups is 1. The lowest BCUT2D eigenvalue weighted by atomic mass is 10.1. The standard InChI is InChI=1S/C15H9BrFNO2S/c16-12-5-10-11(7-19)15(8-1-3-9(17)4-2-8)20-14(10)6-13(12)18-21/h1-7,18,21H. The molecule has 3 rings (SSSR count). The van der Waals surface area contributed by atoms with E-state index in [0.717, 1.165) is 16.4 Å². The van der Waals surface area contributed by atoms with Gasteiger partial charge in [-0.1, -0.05) is 12.8 Å². The van der Waals surface area contributed by atoms with Crippen molar-refractivity contribution in [1.29, 1.82) is 0 Å². The number of anilines is 1. The number of hydrogen-bond acceptors (Lipinski definition) is 4. The first-order valence-electron chi connectivity index (χ1n) is 6.01. The van der Waals surface area contributed by atoms with E-state index in [1.807, 2.05) is 0 Å². The zero-order valence-corrected chi connectivity index (χ0v) is 13.0. The van der Waals surface area contributed by atoms with Crippen molar-refractivity contribution in [1.82, 2.24) is 0 Å². The lowest BCUT2D eigenvalue weighted by molar-refractivity contribution is 0.112. The quantitative estimate of drug-likeness (QED) is 0.502. The van der Waals surface area contributed by atoms with Crippen LogP contribution in [-0.2, 0) is 0 Å². The van der Waals surface area contributed by atoms with Crippen LogP contribution < -0.4 is 4.72 Å². The molecular weight excluding hydrogens is 357 g/mol. The third-order valence-corrected chi connectivity index (χ3v) is 4.06. The van der Waals surface area contributed by atoms with Gasteiger partial charge in [0.15, 0.2) is 6.29 Å². The van der Waals surface area contributed by atoms with Gasteiger partial charge in [-0.15, -0.1) is 0 Å². The van der Waals surface area contributed by atoms with E-state index in [1.165, 1.54) is 12.1 Å². The minimum atomic E-state index is -0.341. The van der Waals surface area contributed by atoms with Gasteiger partial charge in [-0.05, 0) is 46.3 Å². The molecule has 1 N–H and O–H groups in total. The molecule has 2 aromatic carbocycles. The van der Waals surface area contributed by atoms with E-state index < -0.39 is 0 Å². The summed E-state index contributed by atoms with van der Waals surface area (Å²) in [5.74, 6) is 0.0787. The highest BCUT2D eigenvalue weighted by Crippen LogP contribution is 2.37. The summed E-state index contributed by atoms with van der Waals surface area (Å²) in [5.41, 5.74) is 2.35. The van der Waals surface area contributed by atoms with Crippen molar-refractivity contribution in [2.75, 3.05) is 4.72 Å². The Morgan fingerprint density at radius 3 is 2.57 bits per heavy atom. The van der Waals surface area contributed by atoms with Gasteiger partial charge < -0.3 is 9.14 Å². The molecule has 1 heterocycles. The summed E-state index contributed by atoms with van der Waals surface area (Å²) in [6.07, 6.45) is 0.741. The van der Waals surface area contributed by atoms with Gasteiger partial charge in [0.2, 0.25) is 0 Å². The molecule has 0 fully saturated rings. The van der Waals surface area contributed by atoms with Gasteiger partial charge in [0.05, 0.1) is 11.3 Å². The minimum Gasteiger partial charge on any atom is -0.455 e. The number of fused-ring (bicyclic) bond motifs is 1. The SMILES string of the molecule is O=Cc1c(-c2ccc(F)cc2)oc2cc(NS)c(Br)cc12. The summed E-state index contributed by atoms with van der Waals surface area (Å²) in [6, 6.07) is 9.34. The maximum atomic E-state index is 13.0. The van der Waals surface area contributed by atoms with E-state index in [-0.39, 0.29) is 5.82 Å². The number of hydrogen-bond donors (Lipinski definition) is 2. The van der Waals surface area contributed by atoms with Crippen molar-refractivity contribution in [3.8, 4) is 11.3 Å². The van der Waals surface area contributed by atoms with Gasteiger partial charge in [-0.25, -0.2) is 4.39 Å². The lowest BCUT2D eigenvalue weighted by Gasteiger charge is -2.01. The van der Waals surface area contributed by atoms with Crippen LogP contribution in [0.25, 0.3) is 22.3 Å². The molecule has 0 saturated heterocycles. The van der Waals surface area contributed by atoms with Crippen LogP contribution in [0.4, 0.5) is 10.1 Å². The fraction of sp³-hybridized carbons (Fsp3) is 0. The molecule has 0 unspecified atom stereocenters. The van der Waals surface area contributed by atoms with E-state index in [0.29, 0.717) is 27.9 Å². The number of nitrogens with one attached hydrogen (secondary N) is 1. The molecule has 0 radical (unpaired) electrons. The molecule has 0 atom stereocenters. The Labute approximate surface area is 133 Å². The third-order valence-electron chi connectivity index (χ3n) is 3.16. The van der Waals surface area contributed by atoms with Crippen LogP contribution in [0.3, 0.4) is 0 Å². The van der Waals surface area contributed by atoms with Crippen molar-refractivity contribution in [2.45, 2.75) is 0 Å². The Morgan fingerprint density at radius 2 is 1.95 bits per heavy atom. The number of benzene rings is 2. The first-order valence-corrected chi connectivity index (χ1v) is 7.25. The normalized spacial score (nSPS) is 10.8. The molecule has 0 amide bonds. The molecule has 0 aliphatic carbocycles. The Morgan fingerprint density at radius 1 is 1.24 bits per heavy atom. The number of carbonyl (C=O) groups is 1. The predicted octanol–water partition coefficient (Wildman–Crippen LogP) is 5.07. The average Bonchev–Trinajstić information content (AvgIpc) is 2.84. The molecule has 0 aliphatic rings. The topological polar surface area (TPSA) is 42.2 Å². The molecule has 3 nitrogen and oxygen atoms in total. The molecule has 3 aromatic rings. The molecule has 21 heavy (non-hydrogen) atoms. The number of rotatable bonds is 3. The van der Waals surface area contributed by atoms with E-state index >= 15 is 0 Å². The van der Waals surface area contributed by atoms with Crippen LogP contribution in [0.1, 0.15) is 10.4 Å². The van der Waals surface area contributed by atoms with Gasteiger partial charge in [0, 0.05) is 21.5 Å². The van der Waals surface area contributed by atoms with Gasteiger partial charge >= 0.3 is 0 Å². The Hall–Kier alpha value is -1.79. The van der Waals surface area contributed by atoms with Crippen LogP contribution in [0, 0.1) is 5.82 Å². The molecule has 0 aliphatic heterocycles. The Kier molecular flexibility index (Phi) is 3.73. The highest BCUT2D eigenvalue weighted by Gasteiger charge is 2.17. The number of furan rings is 1. The summed E-state index contributed by atoms with van der Waals surface area (Å²) in [6.45, 7) is 0. The summed E-state index contributed by atoms with van der Waals surface area (Å²) in [4.78, 5) is 11.4. The van der Waals surface area contributed by atoms with E-state index in [2.05, 4.69) is 33.5 Å². The molecule has 1 aromatic heterocycles. The fourth-order valence-electron chi connectivity index (χ4n) is 2.15. The van der Waals surface area contributed by atoms with Crippen molar-refractivity contribution in [3.63, 3.8) is 0 Å². The second-order valence-corrected chi connectivity index (χ2v) is 5.49. The number of carbonyl (C=O) groups excluding carboxylic acids is 1. The van der Waals surface area contributed by atoms with Crippen LogP contribution in [0.5, 0.6) is 0 Å². The van der Waals surface area contributed by atoms with Crippen LogP contribution >= 0.6 is 28.7 Å². The van der Waals surface area contributed by atoms with Crippen LogP contribution in [0.15, 0.2) is 45.3 Å². The molecule has 0 bridgehead atoms. The first kappa shape index (κ1) is 14.2. The van der Waals surface area contributed by atoms with Crippen LogP contribution in [-0.4, -0.2) is 6.29 Å². The second-order valence-electron chi connectivity index (χ2n) is 4.41. The van der Waals surface area contributed by atoms with Crippen molar-refractivity contribution in [2.24, 2.45) is 0 Å². The Bertz CT molecular complexity index is 830. The highest BCUT2D eigenvalue weighted by molar-refractivity contribution is 9.10.